The van der Waals surface area contributed by atoms with Crippen LogP contribution in [-0.4, -0.2) is 18.2 Å². The molecule has 0 aliphatic heterocycles. The largest absolute Gasteiger partial charge is 0.497 e. The lowest BCUT2D eigenvalue weighted by molar-refractivity contribution is 0.318. The molecule has 0 saturated carbocycles. The number of hydrogen-bond acceptors (Lipinski definition) is 4. The second kappa shape index (κ2) is 6.34. The molecule has 0 bridgehead atoms. The third kappa shape index (κ3) is 3.24. The number of benzene rings is 2. The Kier molecular flexibility index (Phi) is 4.53. The summed E-state index contributed by atoms with van der Waals surface area (Å²) in [4.78, 5) is 1.97. The van der Waals surface area contributed by atoms with Gasteiger partial charge in [-0.2, -0.15) is 0 Å². The molecule has 0 spiro atoms. The normalized spacial score (nSPS) is 11.4. The molecular formula is C15H16N2O2S. The van der Waals surface area contributed by atoms with E-state index in [2.05, 4.69) is 11.2 Å². The first-order valence-electron chi connectivity index (χ1n) is 6.04. The molecule has 0 aliphatic carbocycles. The van der Waals surface area contributed by atoms with Gasteiger partial charge in [-0.25, -0.2) is 0 Å². The molecule has 104 valence electrons. The van der Waals surface area contributed by atoms with Gasteiger partial charge in [0.2, 0.25) is 0 Å². The number of oxime groups is 1. The fourth-order valence-corrected chi connectivity index (χ4v) is 2.89. The predicted octanol–water partition coefficient (Wildman–Crippen LogP) is 3.25. The van der Waals surface area contributed by atoms with Crippen molar-refractivity contribution in [3.63, 3.8) is 0 Å². The summed E-state index contributed by atoms with van der Waals surface area (Å²) >= 11 is 1.55. The number of aryl methyl sites for hydroxylation is 1. The highest BCUT2D eigenvalue weighted by Crippen LogP contribution is 2.33. The number of rotatable bonds is 4. The van der Waals surface area contributed by atoms with Gasteiger partial charge in [-0.1, -0.05) is 34.6 Å². The van der Waals surface area contributed by atoms with Crippen molar-refractivity contribution in [3.05, 3.63) is 53.6 Å². The molecule has 0 aromatic heterocycles. The summed E-state index contributed by atoms with van der Waals surface area (Å²) in [6.45, 7) is 2.04. The predicted molar refractivity (Wildman–Crippen MR) is 80.8 cm³/mol. The molecular weight excluding hydrogens is 272 g/mol. The minimum atomic E-state index is 0.0859. The minimum Gasteiger partial charge on any atom is -0.497 e. The number of ether oxygens (including phenoxy) is 1. The Morgan fingerprint density at radius 2 is 2.05 bits per heavy atom. The lowest BCUT2D eigenvalue weighted by Gasteiger charge is -2.10. The highest BCUT2D eigenvalue weighted by atomic mass is 32.2. The molecule has 0 fully saturated rings. The van der Waals surface area contributed by atoms with E-state index in [0.717, 1.165) is 15.5 Å². The van der Waals surface area contributed by atoms with Gasteiger partial charge in [0, 0.05) is 15.4 Å². The zero-order valence-corrected chi connectivity index (χ0v) is 12.1. The van der Waals surface area contributed by atoms with Crippen molar-refractivity contribution in [2.45, 2.75) is 16.7 Å². The molecule has 2 rings (SSSR count). The van der Waals surface area contributed by atoms with Gasteiger partial charge in [0.05, 0.1) is 7.11 Å². The molecule has 0 radical (unpaired) electrons. The molecule has 0 saturated heterocycles. The van der Waals surface area contributed by atoms with Crippen molar-refractivity contribution in [2.75, 3.05) is 7.11 Å². The van der Waals surface area contributed by atoms with Crippen molar-refractivity contribution < 1.29 is 9.94 Å². The first-order chi connectivity index (χ1) is 9.63. The lowest BCUT2D eigenvalue weighted by atomic mass is 10.2. The molecule has 0 heterocycles. The third-order valence-electron chi connectivity index (χ3n) is 2.79. The molecule has 3 N–H and O–H groups in total. The fraction of sp³-hybridized carbons (Fsp3) is 0.133. The van der Waals surface area contributed by atoms with E-state index in [0.29, 0.717) is 5.56 Å². The highest BCUT2D eigenvalue weighted by molar-refractivity contribution is 7.99. The van der Waals surface area contributed by atoms with Crippen LogP contribution in [0.15, 0.2) is 57.4 Å². The van der Waals surface area contributed by atoms with Crippen LogP contribution in [0.2, 0.25) is 0 Å². The van der Waals surface area contributed by atoms with Crippen LogP contribution in [0, 0.1) is 6.92 Å². The van der Waals surface area contributed by atoms with Gasteiger partial charge >= 0.3 is 0 Å². The van der Waals surface area contributed by atoms with E-state index in [9.17, 15) is 0 Å². The van der Waals surface area contributed by atoms with Crippen LogP contribution >= 0.6 is 11.8 Å². The summed E-state index contributed by atoms with van der Waals surface area (Å²) in [7, 11) is 1.61. The number of nitrogens with two attached hydrogens (primary N) is 1. The standard InChI is InChI=1S/C15H16N2O2S/c1-10-4-3-5-12(8-10)20-14-9-11(19-2)6-7-13(14)15(16)17-18/h3-9,18H,1-2H3,(H2,16,17). The van der Waals surface area contributed by atoms with Gasteiger partial charge in [0.25, 0.3) is 0 Å². The summed E-state index contributed by atoms with van der Waals surface area (Å²) in [6, 6.07) is 13.6. The van der Waals surface area contributed by atoms with Crippen LogP contribution in [-0.2, 0) is 0 Å². The van der Waals surface area contributed by atoms with Gasteiger partial charge in [-0.05, 0) is 37.3 Å². The first kappa shape index (κ1) is 14.3. The van der Waals surface area contributed by atoms with Gasteiger partial charge in [-0.15, -0.1) is 0 Å². The van der Waals surface area contributed by atoms with Gasteiger partial charge < -0.3 is 15.7 Å². The molecule has 0 amide bonds. The molecule has 0 aliphatic rings. The van der Waals surface area contributed by atoms with Crippen LogP contribution < -0.4 is 10.5 Å². The molecule has 5 heteroatoms. The van der Waals surface area contributed by atoms with Crippen molar-refractivity contribution in [3.8, 4) is 5.75 Å². The summed E-state index contributed by atoms with van der Waals surface area (Å²) in [6.07, 6.45) is 0. The third-order valence-corrected chi connectivity index (χ3v) is 3.84. The molecule has 2 aromatic carbocycles. The fourth-order valence-electron chi connectivity index (χ4n) is 1.79. The van der Waals surface area contributed by atoms with Crippen LogP contribution in [0.3, 0.4) is 0 Å². The number of nitrogens with zero attached hydrogens (tertiary/aromatic N) is 1. The summed E-state index contributed by atoms with van der Waals surface area (Å²) < 4.78 is 5.23. The molecule has 2 aromatic rings. The Hall–Kier alpha value is -2.14. The van der Waals surface area contributed by atoms with Crippen molar-refractivity contribution >= 4 is 17.6 Å². The zero-order valence-electron chi connectivity index (χ0n) is 11.3. The van der Waals surface area contributed by atoms with E-state index in [-0.39, 0.29) is 5.84 Å². The van der Waals surface area contributed by atoms with Crippen molar-refractivity contribution in [2.24, 2.45) is 10.9 Å². The van der Waals surface area contributed by atoms with E-state index in [4.69, 9.17) is 15.7 Å². The average Bonchev–Trinajstić information content (AvgIpc) is 2.46. The maximum atomic E-state index is 8.87. The van der Waals surface area contributed by atoms with Gasteiger partial charge in [-0.3, -0.25) is 0 Å². The SMILES string of the molecule is COc1ccc(/C(N)=N/O)c(Sc2cccc(C)c2)c1. The minimum absolute atomic E-state index is 0.0859. The van der Waals surface area contributed by atoms with E-state index in [1.807, 2.05) is 31.2 Å². The quantitative estimate of drug-likeness (QED) is 0.392. The van der Waals surface area contributed by atoms with E-state index in [1.165, 1.54) is 5.56 Å². The van der Waals surface area contributed by atoms with Crippen molar-refractivity contribution in [1.82, 2.24) is 0 Å². The lowest BCUT2D eigenvalue weighted by Crippen LogP contribution is -2.14. The van der Waals surface area contributed by atoms with E-state index >= 15 is 0 Å². The number of amidine groups is 1. The zero-order chi connectivity index (χ0) is 14.5. The topological polar surface area (TPSA) is 67.8 Å². The Bertz CT molecular complexity index is 642. The number of hydrogen-bond donors (Lipinski definition) is 2. The van der Waals surface area contributed by atoms with E-state index < -0.39 is 0 Å². The molecule has 20 heavy (non-hydrogen) atoms. The van der Waals surface area contributed by atoms with Gasteiger partial charge in [0.1, 0.15) is 5.75 Å². The molecule has 0 unspecified atom stereocenters. The summed E-state index contributed by atoms with van der Waals surface area (Å²) in [5, 5.41) is 11.9. The first-order valence-corrected chi connectivity index (χ1v) is 6.86. The van der Waals surface area contributed by atoms with Crippen molar-refractivity contribution in [1.29, 1.82) is 0 Å². The highest BCUT2D eigenvalue weighted by Gasteiger charge is 2.10. The van der Waals surface area contributed by atoms with Crippen LogP contribution in [0.1, 0.15) is 11.1 Å². The van der Waals surface area contributed by atoms with E-state index in [1.54, 1.807) is 31.0 Å². The van der Waals surface area contributed by atoms with Crippen LogP contribution in [0.25, 0.3) is 0 Å². The second-order valence-electron chi connectivity index (χ2n) is 4.27. The maximum Gasteiger partial charge on any atom is 0.171 e. The van der Waals surface area contributed by atoms with Gasteiger partial charge in [0.15, 0.2) is 5.84 Å². The summed E-state index contributed by atoms with van der Waals surface area (Å²) in [5.74, 6) is 0.817. The smallest absolute Gasteiger partial charge is 0.171 e. The average molecular weight is 288 g/mol. The Labute approximate surface area is 122 Å². The Morgan fingerprint density at radius 3 is 2.70 bits per heavy atom. The Morgan fingerprint density at radius 1 is 1.25 bits per heavy atom. The number of methoxy groups -OCH3 is 1. The second-order valence-corrected chi connectivity index (χ2v) is 5.38. The Balaban J connectivity index is 2.42. The maximum absolute atomic E-state index is 8.87. The van der Waals surface area contributed by atoms with Crippen LogP contribution in [0.5, 0.6) is 5.75 Å². The summed E-state index contributed by atoms with van der Waals surface area (Å²) in [5.41, 5.74) is 7.58. The molecule has 4 nitrogen and oxygen atoms in total. The molecule has 0 atom stereocenters. The monoisotopic (exact) mass is 288 g/mol. The van der Waals surface area contributed by atoms with Crippen LogP contribution in [0.4, 0.5) is 0 Å².